The molecule has 5 heteroatoms. The molecule has 0 saturated carbocycles. The molecule has 0 spiro atoms. The maximum atomic E-state index is 12.6. The van der Waals surface area contributed by atoms with Crippen LogP contribution in [0.4, 0.5) is 0 Å². The second kappa shape index (κ2) is 8.88. The molecule has 3 rings (SSSR count). The highest BCUT2D eigenvalue weighted by Crippen LogP contribution is 2.24. The predicted molar refractivity (Wildman–Crippen MR) is 101 cm³/mol. The van der Waals surface area contributed by atoms with Crippen LogP contribution in [-0.4, -0.2) is 78.4 Å². The number of likely N-dealkylation sites (tertiary alicyclic amines) is 1. The summed E-state index contributed by atoms with van der Waals surface area (Å²) in [7, 11) is 2.16. The van der Waals surface area contributed by atoms with Gasteiger partial charge in [-0.15, -0.1) is 0 Å². The fourth-order valence-electron chi connectivity index (χ4n) is 3.59. The average Bonchev–Trinajstić information content (AvgIpc) is 3.13. The van der Waals surface area contributed by atoms with Crippen molar-refractivity contribution in [1.29, 1.82) is 0 Å². The summed E-state index contributed by atoms with van der Waals surface area (Å²) in [6.45, 7) is 6.23. The molecule has 24 heavy (non-hydrogen) atoms. The van der Waals surface area contributed by atoms with E-state index in [1.54, 1.807) is 11.8 Å². The summed E-state index contributed by atoms with van der Waals surface area (Å²) in [4.78, 5) is 19.5. The van der Waals surface area contributed by atoms with E-state index in [2.05, 4.69) is 46.0 Å². The van der Waals surface area contributed by atoms with Crippen molar-refractivity contribution in [3.8, 4) is 0 Å². The van der Waals surface area contributed by atoms with E-state index in [1.807, 2.05) is 6.07 Å². The van der Waals surface area contributed by atoms with Gasteiger partial charge in [0.2, 0.25) is 5.91 Å². The first-order chi connectivity index (χ1) is 11.7. The number of carbonyl (C=O) groups excluding carboxylic acids is 1. The number of benzene rings is 1. The smallest absolute Gasteiger partial charge is 0.232 e. The van der Waals surface area contributed by atoms with Gasteiger partial charge in [0.15, 0.2) is 0 Å². The average molecular weight is 348 g/mol. The van der Waals surface area contributed by atoms with Crippen molar-refractivity contribution in [3.63, 3.8) is 0 Å². The van der Waals surface area contributed by atoms with Crippen molar-refractivity contribution in [2.24, 2.45) is 0 Å². The molecule has 2 fully saturated rings. The summed E-state index contributed by atoms with van der Waals surface area (Å²) in [5.41, 5.74) is 1.30. The predicted octanol–water partition coefficient (Wildman–Crippen LogP) is 2.33. The summed E-state index contributed by atoms with van der Waals surface area (Å²) >= 11 is 1.79. The second-order valence-electron chi connectivity index (χ2n) is 6.85. The van der Waals surface area contributed by atoms with Crippen LogP contribution in [-0.2, 0) is 4.79 Å². The molecule has 0 radical (unpaired) electrons. The minimum Gasteiger partial charge on any atom is -0.339 e. The van der Waals surface area contributed by atoms with Crippen molar-refractivity contribution in [2.75, 3.05) is 57.8 Å². The Balaban J connectivity index is 1.44. The number of nitrogens with zero attached hydrogens (tertiary/aromatic N) is 3. The second-order valence-corrected chi connectivity index (χ2v) is 7.95. The van der Waals surface area contributed by atoms with Gasteiger partial charge >= 0.3 is 0 Å². The summed E-state index contributed by atoms with van der Waals surface area (Å²) in [5, 5.41) is 0. The molecule has 0 aliphatic carbocycles. The van der Waals surface area contributed by atoms with E-state index in [0.29, 0.717) is 17.7 Å². The molecule has 0 bridgehead atoms. The van der Waals surface area contributed by atoms with E-state index in [4.69, 9.17) is 0 Å². The Bertz CT molecular complexity index is 519. The van der Waals surface area contributed by atoms with Gasteiger partial charge in [-0.1, -0.05) is 30.3 Å². The maximum Gasteiger partial charge on any atom is 0.232 e. The van der Waals surface area contributed by atoms with Crippen molar-refractivity contribution < 1.29 is 4.79 Å². The number of hydrogen-bond acceptors (Lipinski definition) is 4. The molecule has 132 valence electrons. The van der Waals surface area contributed by atoms with Crippen LogP contribution in [0.3, 0.4) is 0 Å². The van der Waals surface area contributed by atoms with Gasteiger partial charge in [0.1, 0.15) is 0 Å². The lowest BCUT2D eigenvalue weighted by molar-refractivity contribution is -0.131. The summed E-state index contributed by atoms with van der Waals surface area (Å²) in [6, 6.07) is 10.9. The highest BCUT2D eigenvalue weighted by Gasteiger charge is 2.28. The lowest BCUT2D eigenvalue weighted by atomic mass is 10.0. The number of hydrogen-bond donors (Lipinski definition) is 0. The van der Waals surface area contributed by atoms with E-state index in [9.17, 15) is 4.79 Å². The molecular formula is C19H29N3OS. The zero-order valence-electron chi connectivity index (χ0n) is 14.7. The molecule has 1 aromatic carbocycles. The third kappa shape index (κ3) is 4.74. The van der Waals surface area contributed by atoms with Gasteiger partial charge in [0.25, 0.3) is 0 Å². The zero-order valence-corrected chi connectivity index (χ0v) is 15.5. The van der Waals surface area contributed by atoms with Crippen LogP contribution in [0.1, 0.15) is 24.4 Å². The number of piperazine rings is 1. The lowest BCUT2D eigenvalue weighted by Gasteiger charge is -2.39. The fraction of sp³-hybridized carbons (Fsp3) is 0.632. The van der Waals surface area contributed by atoms with Crippen molar-refractivity contribution in [2.45, 2.75) is 18.9 Å². The topological polar surface area (TPSA) is 26.8 Å². The molecule has 1 unspecified atom stereocenters. The molecule has 1 aromatic rings. The van der Waals surface area contributed by atoms with Gasteiger partial charge in [-0.05, 0) is 38.5 Å². The van der Waals surface area contributed by atoms with Crippen molar-refractivity contribution >= 4 is 17.7 Å². The molecule has 2 aliphatic rings. The Morgan fingerprint density at radius 2 is 1.88 bits per heavy atom. The summed E-state index contributed by atoms with van der Waals surface area (Å²) in [5.74, 6) is 2.00. The van der Waals surface area contributed by atoms with E-state index < -0.39 is 0 Å². The van der Waals surface area contributed by atoms with E-state index in [1.165, 1.54) is 31.5 Å². The number of amides is 1. The van der Waals surface area contributed by atoms with Gasteiger partial charge in [0.05, 0.1) is 11.8 Å². The quantitative estimate of drug-likeness (QED) is 0.738. The van der Waals surface area contributed by atoms with Crippen LogP contribution < -0.4 is 0 Å². The Labute approximate surface area is 150 Å². The van der Waals surface area contributed by atoms with Crippen LogP contribution in [0, 0.1) is 0 Å². The normalized spacial score (nSPS) is 22.9. The van der Waals surface area contributed by atoms with Crippen molar-refractivity contribution in [1.82, 2.24) is 14.7 Å². The Morgan fingerprint density at radius 3 is 2.62 bits per heavy atom. The van der Waals surface area contributed by atoms with Crippen LogP contribution in [0.15, 0.2) is 30.3 Å². The van der Waals surface area contributed by atoms with Crippen LogP contribution in [0.5, 0.6) is 0 Å². The first-order valence-corrected chi connectivity index (χ1v) is 10.2. The highest BCUT2D eigenvalue weighted by atomic mass is 32.2. The van der Waals surface area contributed by atoms with Gasteiger partial charge in [-0.2, -0.15) is 11.8 Å². The van der Waals surface area contributed by atoms with Gasteiger partial charge < -0.3 is 9.80 Å². The first-order valence-electron chi connectivity index (χ1n) is 9.07. The molecule has 0 aromatic heterocycles. The zero-order chi connectivity index (χ0) is 16.8. The highest BCUT2D eigenvalue weighted by molar-refractivity contribution is 7.99. The Hall–Kier alpha value is -1.04. The molecule has 0 N–H and O–H groups in total. The molecule has 4 nitrogen and oxygen atoms in total. The minimum atomic E-state index is 0.301. The standard InChI is InChI=1S/C19H29N3OS/c1-20-11-12-22(15-18(20)17-7-3-2-4-8-17)19(23)16-24-14-13-21-9-5-6-10-21/h2-4,7-8,18H,5-6,9-16H2,1H3. The van der Waals surface area contributed by atoms with E-state index in [0.717, 1.165) is 31.9 Å². The largest absolute Gasteiger partial charge is 0.339 e. The maximum absolute atomic E-state index is 12.6. The van der Waals surface area contributed by atoms with Crippen LogP contribution in [0.25, 0.3) is 0 Å². The minimum absolute atomic E-state index is 0.301. The molecular weight excluding hydrogens is 318 g/mol. The monoisotopic (exact) mass is 347 g/mol. The van der Waals surface area contributed by atoms with Crippen molar-refractivity contribution in [3.05, 3.63) is 35.9 Å². The van der Waals surface area contributed by atoms with E-state index in [-0.39, 0.29) is 0 Å². The molecule has 1 amide bonds. The van der Waals surface area contributed by atoms with Gasteiger partial charge in [-0.3, -0.25) is 9.69 Å². The van der Waals surface area contributed by atoms with E-state index >= 15 is 0 Å². The number of carbonyl (C=O) groups is 1. The first kappa shape index (κ1) is 17.8. The molecule has 1 atom stereocenters. The fourth-order valence-corrected chi connectivity index (χ4v) is 4.47. The number of likely N-dealkylation sites (N-methyl/N-ethyl adjacent to an activating group) is 1. The van der Waals surface area contributed by atoms with Gasteiger partial charge in [-0.25, -0.2) is 0 Å². The summed E-state index contributed by atoms with van der Waals surface area (Å²) < 4.78 is 0. The SMILES string of the molecule is CN1CCN(C(=O)CSCCN2CCCC2)CC1c1ccccc1. The number of rotatable bonds is 6. The summed E-state index contributed by atoms with van der Waals surface area (Å²) in [6.07, 6.45) is 2.68. The van der Waals surface area contributed by atoms with Crippen LogP contribution >= 0.6 is 11.8 Å². The molecule has 2 aliphatic heterocycles. The molecule has 2 heterocycles. The Morgan fingerprint density at radius 1 is 1.12 bits per heavy atom. The third-order valence-corrected chi connectivity index (χ3v) is 6.08. The van der Waals surface area contributed by atoms with Crippen LogP contribution in [0.2, 0.25) is 0 Å². The Kier molecular flexibility index (Phi) is 6.58. The lowest BCUT2D eigenvalue weighted by Crippen LogP contribution is -2.49. The number of thioether (sulfide) groups is 1. The van der Waals surface area contributed by atoms with Gasteiger partial charge in [0, 0.05) is 31.9 Å². The molecule has 2 saturated heterocycles. The third-order valence-electron chi connectivity index (χ3n) is 5.16.